The highest BCUT2D eigenvalue weighted by Crippen LogP contribution is 2.12. The van der Waals surface area contributed by atoms with E-state index in [0.717, 1.165) is 10.9 Å². The number of rotatable bonds is 0. The molecule has 60 valence electrons. The quantitative estimate of drug-likeness (QED) is 0.625. The smallest absolute Gasteiger partial charge is 0.323 e. The summed E-state index contributed by atoms with van der Waals surface area (Å²) >= 11 is 0. The second-order valence-corrected chi connectivity index (χ2v) is 2.46. The number of primary amides is 1. The summed E-state index contributed by atoms with van der Waals surface area (Å²) < 4.78 is 1.39. The first-order valence-electron chi connectivity index (χ1n) is 3.50. The van der Waals surface area contributed by atoms with Crippen molar-refractivity contribution in [1.82, 2.24) is 9.55 Å². The summed E-state index contributed by atoms with van der Waals surface area (Å²) in [5, 5.41) is 0.913. The summed E-state index contributed by atoms with van der Waals surface area (Å²) in [5.41, 5.74) is 5.92. The minimum atomic E-state index is -0.476. The van der Waals surface area contributed by atoms with Crippen LogP contribution in [-0.2, 0) is 0 Å². The zero-order valence-electron chi connectivity index (χ0n) is 6.27. The fourth-order valence-corrected chi connectivity index (χ4v) is 1.17. The van der Waals surface area contributed by atoms with Crippen LogP contribution in [0.2, 0.25) is 0 Å². The molecule has 0 radical (unpaired) electrons. The molecule has 0 saturated heterocycles. The largest absolute Gasteiger partial charge is 0.351 e. The molecule has 0 atom stereocenters. The molecule has 2 N–H and O–H groups in total. The molecule has 0 aromatic carbocycles. The van der Waals surface area contributed by atoms with Gasteiger partial charge < -0.3 is 5.73 Å². The standard InChI is InChI=1S/C8H7N3O/c9-8(12)11-4-2-6-5-10-3-1-7(6)11/h1-5H,(H2,9,12). The fraction of sp³-hybridized carbons (Fsp3) is 0. The molecule has 2 rings (SSSR count). The molecule has 4 heteroatoms. The lowest BCUT2D eigenvalue weighted by Crippen LogP contribution is -2.17. The van der Waals surface area contributed by atoms with Crippen molar-refractivity contribution in [2.75, 3.05) is 0 Å². The topological polar surface area (TPSA) is 60.9 Å². The number of pyridine rings is 1. The summed E-state index contributed by atoms with van der Waals surface area (Å²) in [6, 6.07) is 3.07. The molecule has 2 aromatic rings. The first-order valence-corrected chi connectivity index (χ1v) is 3.50. The second-order valence-electron chi connectivity index (χ2n) is 2.46. The highest BCUT2D eigenvalue weighted by atomic mass is 16.2. The molecule has 0 unspecified atom stereocenters. The highest BCUT2D eigenvalue weighted by molar-refractivity contribution is 5.90. The Kier molecular flexibility index (Phi) is 1.33. The summed E-state index contributed by atoms with van der Waals surface area (Å²) in [5.74, 6) is 0. The number of amides is 1. The molecular weight excluding hydrogens is 154 g/mol. The molecule has 4 nitrogen and oxygen atoms in total. The number of carbonyl (C=O) groups is 1. The third-order valence-corrected chi connectivity index (χ3v) is 1.73. The first kappa shape index (κ1) is 6.84. The molecule has 0 aliphatic rings. The van der Waals surface area contributed by atoms with E-state index in [1.165, 1.54) is 4.57 Å². The minimum Gasteiger partial charge on any atom is -0.351 e. The van der Waals surface area contributed by atoms with E-state index in [-0.39, 0.29) is 0 Å². The van der Waals surface area contributed by atoms with Crippen molar-refractivity contribution in [3.8, 4) is 0 Å². The van der Waals surface area contributed by atoms with E-state index in [1.54, 1.807) is 30.7 Å². The van der Waals surface area contributed by atoms with Gasteiger partial charge in [0.15, 0.2) is 0 Å². The highest BCUT2D eigenvalue weighted by Gasteiger charge is 2.02. The number of fused-ring (bicyclic) bond motifs is 1. The average Bonchev–Trinajstić information content (AvgIpc) is 2.47. The summed E-state index contributed by atoms with van der Waals surface area (Å²) in [6.07, 6.45) is 4.95. The second kappa shape index (κ2) is 2.34. The molecule has 0 aliphatic carbocycles. The molecular formula is C8H7N3O. The molecule has 12 heavy (non-hydrogen) atoms. The molecule has 0 bridgehead atoms. The van der Waals surface area contributed by atoms with E-state index in [0.29, 0.717) is 0 Å². The van der Waals surface area contributed by atoms with Crippen LogP contribution in [-0.4, -0.2) is 15.6 Å². The van der Waals surface area contributed by atoms with E-state index < -0.39 is 6.03 Å². The van der Waals surface area contributed by atoms with Crippen molar-refractivity contribution in [2.45, 2.75) is 0 Å². The Morgan fingerprint density at radius 2 is 2.33 bits per heavy atom. The zero-order valence-corrected chi connectivity index (χ0v) is 6.27. The number of hydrogen-bond acceptors (Lipinski definition) is 2. The molecule has 0 aliphatic heterocycles. The van der Waals surface area contributed by atoms with Gasteiger partial charge in [0.05, 0.1) is 5.52 Å². The van der Waals surface area contributed by atoms with Crippen molar-refractivity contribution in [3.63, 3.8) is 0 Å². The maximum Gasteiger partial charge on any atom is 0.323 e. The molecule has 1 amide bonds. The van der Waals surface area contributed by atoms with Crippen molar-refractivity contribution in [1.29, 1.82) is 0 Å². The third-order valence-electron chi connectivity index (χ3n) is 1.73. The van der Waals surface area contributed by atoms with Gasteiger partial charge in [-0.1, -0.05) is 0 Å². The van der Waals surface area contributed by atoms with Gasteiger partial charge in [-0.2, -0.15) is 0 Å². The van der Waals surface area contributed by atoms with E-state index in [4.69, 9.17) is 5.73 Å². The minimum absolute atomic E-state index is 0.476. The van der Waals surface area contributed by atoms with Crippen LogP contribution in [0.1, 0.15) is 0 Å². The van der Waals surface area contributed by atoms with Crippen molar-refractivity contribution >= 4 is 16.9 Å². The van der Waals surface area contributed by atoms with Crippen LogP contribution in [0.4, 0.5) is 4.79 Å². The summed E-state index contributed by atoms with van der Waals surface area (Å²) in [4.78, 5) is 14.8. The molecule has 2 aromatic heterocycles. The van der Waals surface area contributed by atoms with Gasteiger partial charge in [-0.05, 0) is 12.1 Å². The average molecular weight is 161 g/mol. The van der Waals surface area contributed by atoms with Crippen LogP contribution < -0.4 is 5.73 Å². The summed E-state index contributed by atoms with van der Waals surface area (Å²) in [6.45, 7) is 0. The molecule has 0 saturated carbocycles. The summed E-state index contributed by atoms with van der Waals surface area (Å²) in [7, 11) is 0. The van der Waals surface area contributed by atoms with Gasteiger partial charge >= 0.3 is 6.03 Å². The first-order chi connectivity index (χ1) is 5.79. The Labute approximate surface area is 68.6 Å². The molecule has 0 spiro atoms. The number of nitrogens with two attached hydrogens (primary N) is 1. The van der Waals surface area contributed by atoms with Gasteiger partial charge in [0.25, 0.3) is 0 Å². The van der Waals surface area contributed by atoms with Crippen LogP contribution in [0.25, 0.3) is 10.9 Å². The van der Waals surface area contributed by atoms with Crippen LogP contribution in [0.15, 0.2) is 30.7 Å². The predicted molar refractivity (Wildman–Crippen MR) is 44.7 cm³/mol. The maximum absolute atomic E-state index is 10.8. The number of aromatic nitrogens is 2. The van der Waals surface area contributed by atoms with Crippen molar-refractivity contribution in [3.05, 3.63) is 30.7 Å². The van der Waals surface area contributed by atoms with E-state index in [9.17, 15) is 4.79 Å². The number of hydrogen-bond donors (Lipinski definition) is 1. The van der Waals surface area contributed by atoms with Crippen molar-refractivity contribution in [2.24, 2.45) is 5.73 Å². The van der Waals surface area contributed by atoms with Crippen LogP contribution in [0.5, 0.6) is 0 Å². The van der Waals surface area contributed by atoms with E-state index >= 15 is 0 Å². The maximum atomic E-state index is 10.8. The Morgan fingerprint density at radius 3 is 3.08 bits per heavy atom. The van der Waals surface area contributed by atoms with Crippen molar-refractivity contribution < 1.29 is 4.79 Å². The predicted octanol–water partition coefficient (Wildman–Crippen LogP) is 0.963. The van der Waals surface area contributed by atoms with Gasteiger partial charge in [0.2, 0.25) is 0 Å². The van der Waals surface area contributed by atoms with Gasteiger partial charge in [0, 0.05) is 24.0 Å². The number of nitrogens with zero attached hydrogens (tertiary/aromatic N) is 2. The van der Waals surface area contributed by atoms with E-state index in [2.05, 4.69) is 4.98 Å². The van der Waals surface area contributed by atoms with Crippen LogP contribution >= 0.6 is 0 Å². The van der Waals surface area contributed by atoms with Gasteiger partial charge in [-0.15, -0.1) is 0 Å². The lowest BCUT2D eigenvalue weighted by molar-refractivity contribution is 0.251. The number of carbonyl (C=O) groups excluding carboxylic acids is 1. The lowest BCUT2D eigenvalue weighted by atomic mass is 10.3. The Hall–Kier alpha value is -1.84. The Balaban J connectivity index is 2.79. The van der Waals surface area contributed by atoms with Crippen LogP contribution in [0.3, 0.4) is 0 Å². The fourth-order valence-electron chi connectivity index (χ4n) is 1.17. The normalized spacial score (nSPS) is 10.3. The third kappa shape index (κ3) is 0.852. The van der Waals surface area contributed by atoms with Gasteiger partial charge in [0.1, 0.15) is 0 Å². The van der Waals surface area contributed by atoms with Crippen LogP contribution in [0, 0.1) is 0 Å². The van der Waals surface area contributed by atoms with Gasteiger partial charge in [-0.3, -0.25) is 9.55 Å². The molecule has 0 fully saturated rings. The monoisotopic (exact) mass is 161 g/mol. The Morgan fingerprint density at radius 1 is 1.50 bits per heavy atom. The zero-order chi connectivity index (χ0) is 8.55. The van der Waals surface area contributed by atoms with E-state index in [1.807, 2.05) is 0 Å². The lowest BCUT2D eigenvalue weighted by Gasteiger charge is -1.96. The SMILES string of the molecule is NC(=O)n1ccc2cnccc21. The molecule has 2 heterocycles. The van der Waals surface area contributed by atoms with Gasteiger partial charge in [-0.25, -0.2) is 4.79 Å². The Bertz CT molecular complexity index is 433.